The van der Waals surface area contributed by atoms with Gasteiger partial charge >= 0.3 is 0 Å². The van der Waals surface area contributed by atoms with Crippen LogP contribution >= 0.6 is 0 Å². The Bertz CT molecular complexity index is 822. The molecule has 2 aromatic rings. The Kier molecular flexibility index (Phi) is 4.43. The predicted octanol–water partition coefficient (Wildman–Crippen LogP) is 2.44. The molecule has 1 unspecified atom stereocenters. The van der Waals surface area contributed by atoms with Crippen LogP contribution in [0.15, 0.2) is 36.4 Å². The molecule has 2 aromatic carbocycles. The highest BCUT2D eigenvalue weighted by Gasteiger charge is 2.17. The summed E-state index contributed by atoms with van der Waals surface area (Å²) in [7, 11) is 0. The SMILES string of the molecule is CC(NC(=O)COc1ccc2c(c1)OCO2)c1ccc2c(c1)OCCO2. The van der Waals surface area contributed by atoms with Gasteiger partial charge in [0, 0.05) is 6.07 Å². The monoisotopic (exact) mass is 357 g/mol. The van der Waals surface area contributed by atoms with Crippen molar-refractivity contribution in [3.63, 3.8) is 0 Å². The maximum atomic E-state index is 12.2. The molecule has 1 amide bonds. The molecule has 0 saturated carbocycles. The fourth-order valence-electron chi connectivity index (χ4n) is 2.81. The first-order valence-electron chi connectivity index (χ1n) is 8.40. The van der Waals surface area contributed by atoms with Gasteiger partial charge in [-0.3, -0.25) is 4.79 Å². The molecule has 0 spiro atoms. The average Bonchev–Trinajstić information content (AvgIpc) is 3.13. The lowest BCUT2D eigenvalue weighted by atomic mass is 10.1. The molecule has 7 heteroatoms. The normalized spacial score (nSPS) is 15.3. The number of nitrogens with one attached hydrogen (secondary N) is 1. The number of carbonyl (C=O) groups excluding carboxylic acids is 1. The molecule has 0 aromatic heterocycles. The van der Waals surface area contributed by atoms with Gasteiger partial charge in [-0.2, -0.15) is 0 Å². The van der Waals surface area contributed by atoms with Gasteiger partial charge < -0.3 is 29.0 Å². The zero-order valence-electron chi connectivity index (χ0n) is 14.3. The van der Waals surface area contributed by atoms with E-state index in [1.807, 2.05) is 25.1 Å². The number of hydrogen-bond acceptors (Lipinski definition) is 6. The van der Waals surface area contributed by atoms with Crippen molar-refractivity contribution in [1.29, 1.82) is 0 Å². The van der Waals surface area contributed by atoms with E-state index in [-0.39, 0.29) is 25.3 Å². The third kappa shape index (κ3) is 3.46. The first-order valence-corrected chi connectivity index (χ1v) is 8.40. The van der Waals surface area contributed by atoms with Crippen molar-refractivity contribution in [1.82, 2.24) is 5.32 Å². The summed E-state index contributed by atoms with van der Waals surface area (Å²) in [5.74, 6) is 3.05. The molecule has 0 fully saturated rings. The van der Waals surface area contributed by atoms with Crippen molar-refractivity contribution < 1.29 is 28.5 Å². The Morgan fingerprint density at radius 2 is 1.69 bits per heavy atom. The molecule has 0 radical (unpaired) electrons. The fraction of sp³-hybridized carbons (Fsp3) is 0.316. The summed E-state index contributed by atoms with van der Waals surface area (Å²) in [6.07, 6.45) is 0. The second-order valence-corrected chi connectivity index (χ2v) is 6.00. The highest BCUT2D eigenvalue weighted by Crippen LogP contribution is 2.35. The topological polar surface area (TPSA) is 75.3 Å². The summed E-state index contributed by atoms with van der Waals surface area (Å²) < 4.78 is 27.1. The predicted molar refractivity (Wildman–Crippen MR) is 92.0 cm³/mol. The average molecular weight is 357 g/mol. The van der Waals surface area contributed by atoms with Crippen LogP contribution < -0.4 is 29.0 Å². The third-order valence-electron chi connectivity index (χ3n) is 4.16. The van der Waals surface area contributed by atoms with Crippen LogP contribution in [0.4, 0.5) is 0 Å². The molecule has 0 bridgehead atoms. The zero-order chi connectivity index (χ0) is 17.9. The Hall–Kier alpha value is -3.09. The standard InChI is InChI=1S/C19H19NO6/c1-12(13-2-4-15-17(8-13)23-7-6-22-15)20-19(21)10-24-14-3-5-16-18(9-14)26-11-25-16/h2-5,8-9,12H,6-7,10-11H2,1H3,(H,20,21). The minimum Gasteiger partial charge on any atom is -0.486 e. The second kappa shape index (κ2) is 7.03. The summed E-state index contributed by atoms with van der Waals surface area (Å²) in [6.45, 7) is 3.10. The van der Waals surface area contributed by atoms with E-state index in [0.717, 1.165) is 11.3 Å². The van der Waals surface area contributed by atoms with Crippen molar-refractivity contribution in [2.24, 2.45) is 0 Å². The molecule has 0 saturated heterocycles. The van der Waals surface area contributed by atoms with E-state index < -0.39 is 0 Å². The van der Waals surface area contributed by atoms with E-state index >= 15 is 0 Å². The van der Waals surface area contributed by atoms with E-state index in [1.54, 1.807) is 18.2 Å². The Morgan fingerprint density at radius 1 is 1.00 bits per heavy atom. The number of fused-ring (bicyclic) bond motifs is 2. The van der Waals surface area contributed by atoms with Crippen molar-refractivity contribution in [2.45, 2.75) is 13.0 Å². The molecule has 4 rings (SSSR count). The van der Waals surface area contributed by atoms with E-state index in [1.165, 1.54) is 0 Å². The minimum atomic E-state index is -0.218. The lowest BCUT2D eigenvalue weighted by molar-refractivity contribution is -0.123. The number of carbonyl (C=O) groups is 1. The molecule has 26 heavy (non-hydrogen) atoms. The first kappa shape index (κ1) is 16.4. The van der Waals surface area contributed by atoms with E-state index in [9.17, 15) is 4.79 Å². The van der Waals surface area contributed by atoms with Crippen LogP contribution in [-0.4, -0.2) is 32.5 Å². The van der Waals surface area contributed by atoms with Gasteiger partial charge in [0.25, 0.3) is 5.91 Å². The van der Waals surface area contributed by atoms with Crippen molar-refractivity contribution in [2.75, 3.05) is 26.6 Å². The Labute approximate surface area is 150 Å². The number of ether oxygens (including phenoxy) is 5. The lowest BCUT2D eigenvalue weighted by Gasteiger charge is -2.21. The van der Waals surface area contributed by atoms with E-state index in [4.69, 9.17) is 23.7 Å². The molecule has 0 aliphatic carbocycles. The number of amides is 1. The first-order chi connectivity index (χ1) is 12.7. The van der Waals surface area contributed by atoms with Gasteiger partial charge in [-0.05, 0) is 36.8 Å². The zero-order valence-corrected chi connectivity index (χ0v) is 14.3. The molecule has 1 N–H and O–H groups in total. The fourth-order valence-corrected chi connectivity index (χ4v) is 2.81. The van der Waals surface area contributed by atoms with Gasteiger partial charge in [0.1, 0.15) is 19.0 Å². The highest BCUT2D eigenvalue weighted by atomic mass is 16.7. The van der Waals surface area contributed by atoms with Crippen LogP contribution in [-0.2, 0) is 4.79 Å². The van der Waals surface area contributed by atoms with Gasteiger partial charge in [0.15, 0.2) is 29.6 Å². The van der Waals surface area contributed by atoms with Crippen molar-refractivity contribution in [3.8, 4) is 28.7 Å². The Balaban J connectivity index is 1.33. The Morgan fingerprint density at radius 3 is 2.58 bits per heavy atom. The summed E-state index contributed by atoms with van der Waals surface area (Å²) in [5.41, 5.74) is 0.936. The van der Waals surface area contributed by atoms with Crippen LogP contribution in [0.2, 0.25) is 0 Å². The number of rotatable bonds is 5. The van der Waals surface area contributed by atoms with Crippen LogP contribution in [0.3, 0.4) is 0 Å². The van der Waals surface area contributed by atoms with E-state index in [2.05, 4.69) is 5.32 Å². The summed E-state index contributed by atoms with van der Waals surface area (Å²) in [6, 6.07) is 10.7. The molecule has 2 aliphatic heterocycles. The van der Waals surface area contributed by atoms with Gasteiger partial charge in [-0.1, -0.05) is 6.07 Å². The minimum absolute atomic E-state index is 0.0888. The van der Waals surface area contributed by atoms with Crippen molar-refractivity contribution in [3.05, 3.63) is 42.0 Å². The maximum Gasteiger partial charge on any atom is 0.258 e. The molecule has 136 valence electrons. The third-order valence-corrected chi connectivity index (χ3v) is 4.16. The van der Waals surface area contributed by atoms with Gasteiger partial charge in [-0.25, -0.2) is 0 Å². The van der Waals surface area contributed by atoms with Gasteiger partial charge in [-0.15, -0.1) is 0 Å². The number of benzene rings is 2. The molecular formula is C19H19NO6. The molecule has 2 heterocycles. The molecule has 2 aliphatic rings. The molecule has 7 nitrogen and oxygen atoms in total. The maximum absolute atomic E-state index is 12.2. The highest BCUT2D eigenvalue weighted by molar-refractivity contribution is 5.78. The second-order valence-electron chi connectivity index (χ2n) is 6.00. The van der Waals surface area contributed by atoms with Crippen LogP contribution in [0.1, 0.15) is 18.5 Å². The largest absolute Gasteiger partial charge is 0.486 e. The van der Waals surface area contributed by atoms with Gasteiger partial charge in [0.2, 0.25) is 6.79 Å². The summed E-state index contributed by atoms with van der Waals surface area (Å²) in [4.78, 5) is 12.2. The summed E-state index contributed by atoms with van der Waals surface area (Å²) >= 11 is 0. The molecule has 1 atom stereocenters. The van der Waals surface area contributed by atoms with E-state index in [0.29, 0.717) is 36.2 Å². The molecular weight excluding hydrogens is 338 g/mol. The quantitative estimate of drug-likeness (QED) is 0.886. The number of hydrogen-bond donors (Lipinski definition) is 1. The van der Waals surface area contributed by atoms with Gasteiger partial charge in [0.05, 0.1) is 6.04 Å². The van der Waals surface area contributed by atoms with Crippen LogP contribution in [0, 0.1) is 0 Å². The summed E-state index contributed by atoms with van der Waals surface area (Å²) in [5, 5.41) is 2.91. The lowest BCUT2D eigenvalue weighted by Crippen LogP contribution is -2.31. The van der Waals surface area contributed by atoms with Crippen LogP contribution in [0.25, 0.3) is 0 Å². The smallest absolute Gasteiger partial charge is 0.258 e. The van der Waals surface area contributed by atoms with Crippen molar-refractivity contribution >= 4 is 5.91 Å². The van der Waals surface area contributed by atoms with Crippen LogP contribution in [0.5, 0.6) is 28.7 Å².